The second-order valence-corrected chi connectivity index (χ2v) is 8.49. The number of nitrogens with zero attached hydrogens (tertiary/aromatic N) is 1. The average Bonchev–Trinajstić information content (AvgIpc) is 2.66. The van der Waals surface area contributed by atoms with Crippen LogP contribution in [-0.2, 0) is 9.53 Å². The lowest BCUT2D eigenvalue weighted by Gasteiger charge is -2.35. The third-order valence-corrected chi connectivity index (χ3v) is 6.56. The summed E-state index contributed by atoms with van der Waals surface area (Å²) in [5.74, 6) is 0.992. The van der Waals surface area contributed by atoms with Gasteiger partial charge in [-0.1, -0.05) is 46.0 Å². The molecule has 2 rings (SSSR count). The standard InChI is InChI=1S/C22H37NO2/c1-3-5-7-18-8-10-19(11-9-18)21(24)25-20-12-15-22(17-23,16-13-20)14-6-4-2/h18-20H,3-16H2,1-2H3. The molecule has 0 bridgehead atoms. The van der Waals surface area contributed by atoms with Gasteiger partial charge in [-0.05, 0) is 63.7 Å². The summed E-state index contributed by atoms with van der Waals surface area (Å²) in [4.78, 5) is 12.5. The van der Waals surface area contributed by atoms with Gasteiger partial charge in [-0.15, -0.1) is 0 Å². The fourth-order valence-corrected chi connectivity index (χ4v) is 4.63. The first-order valence-electron chi connectivity index (χ1n) is 10.7. The zero-order valence-electron chi connectivity index (χ0n) is 16.4. The van der Waals surface area contributed by atoms with Crippen LogP contribution in [0.5, 0.6) is 0 Å². The lowest BCUT2D eigenvalue weighted by Crippen LogP contribution is -2.33. The number of unbranched alkanes of at least 4 members (excludes halogenated alkanes) is 2. The summed E-state index contributed by atoms with van der Waals surface area (Å²) >= 11 is 0. The maximum atomic E-state index is 12.5. The molecule has 0 saturated heterocycles. The predicted molar refractivity (Wildman–Crippen MR) is 101 cm³/mol. The van der Waals surface area contributed by atoms with Crippen LogP contribution in [0.15, 0.2) is 0 Å². The Morgan fingerprint density at radius 2 is 1.68 bits per heavy atom. The molecule has 0 aliphatic heterocycles. The predicted octanol–water partition coefficient (Wildman–Crippen LogP) is 6.17. The zero-order chi connectivity index (χ0) is 18.1. The average molecular weight is 348 g/mol. The molecule has 25 heavy (non-hydrogen) atoms. The Hall–Kier alpha value is -1.04. The Bertz CT molecular complexity index is 437. The lowest BCUT2D eigenvalue weighted by atomic mass is 9.71. The minimum Gasteiger partial charge on any atom is -0.462 e. The summed E-state index contributed by atoms with van der Waals surface area (Å²) in [7, 11) is 0. The molecule has 0 N–H and O–H groups in total. The summed E-state index contributed by atoms with van der Waals surface area (Å²) in [6, 6.07) is 2.57. The van der Waals surface area contributed by atoms with Crippen molar-refractivity contribution in [3.63, 3.8) is 0 Å². The molecule has 0 aromatic heterocycles. The molecule has 3 nitrogen and oxygen atoms in total. The van der Waals surface area contributed by atoms with E-state index in [4.69, 9.17) is 4.74 Å². The van der Waals surface area contributed by atoms with Gasteiger partial charge in [-0.3, -0.25) is 4.79 Å². The van der Waals surface area contributed by atoms with Gasteiger partial charge >= 0.3 is 5.97 Å². The maximum absolute atomic E-state index is 12.5. The van der Waals surface area contributed by atoms with E-state index < -0.39 is 0 Å². The Kier molecular flexibility index (Phi) is 8.27. The molecule has 2 saturated carbocycles. The van der Waals surface area contributed by atoms with Crippen LogP contribution in [0.3, 0.4) is 0 Å². The first-order valence-corrected chi connectivity index (χ1v) is 10.7. The molecule has 0 unspecified atom stereocenters. The highest BCUT2D eigenvalue weighted by Crippen LogP contribution is 2.41. The number of ether oxygens (including phenoxy) is 1. The maximum Gasteiger partial charge on any atom is 0.309 e. The van der Waals surface area contributed by atoms with E-state index in [9.17, 15) is 10.1 Å². The summed E-state index contributed by atoms with van der Waals surface area (Å²) < 4.78 is 5.84. The van der Waals surface area contributed by atoms with E-state index in [1.54, 1.807) is 0 Å². The van der Waals surface area contributed by atoms with E-state index >= 15 is 0 Å². The van der Waals surface area contributed by atoms with Gasteiger partial charge in [0.1, 0.15) is 6.10 Å². The van der Waals surface area contributed by atoms with Crippen molar-refractivity contribution < 1.29 is 9.53 Å². The van der Waals surface area contributed by atoms with Crippen molar-refractivity contribution >= 4 is 5.97 Å². The van der Waals surface area contributed by atoms with Gasteiger partial charge in [0.25, 0.3) is 0 Å². The molecular weight excluding hydrogens is 310 g/mol. The highest BCUT2D eigenvalue weighted by Gasteiger charge is 2.37. The second-order valence-electron chi connectivity index (χ2n) is 8.49. The molecule has 3 heteroatoms. The zero-order valence-corrected chi connectivity index (χ0v) is 16.4. The van der Waals surface area contributed by atoms with Crippen LogP contribution in [0.2, 0.25) is 0 Å². The van der Waals surface area contributed by atoms with E-state index in [2.05, 4.69) is 19.9 Å². The van der Waals surface area contributed by atoms with E-state index in [-0.39, 0.29) is 23.4 Å². The molecule has 2 aliphatic carbocycles. The van der Waals surface area contributed by atoms with Crippen LogP contribution in [0.25, 0.3) is 0 Å². The highest BCUT2D eigenvalue weighted by atomic mass is 16.5. The minimum atomic E-state index is -0.156. The normalized spacial score (nSPS) is 32.8. The summed E-state index contributed by atoms with van der Waals surface area (Å²) in [5.41, 5.74) is -0.156. The SMILES string of the molecule is CCCCC1CCC(C(=O)OC2CCC(C#N)(CCCC)CC2)CC1. The molecule has 0 aromatic carbocycles. The molecule has 0 amide bonds. The lowest BCUT2D eigenvalue weighted by molar-refractivity contribution is -0.158. The van der Waals surface area contributed by atoms with Gasteiger partial charge in [0.05, 0.1) is 17.4 Å². The summed E-state index contributed by atoms with van der Waals surface area (Å²) in [5, 5.41) is 9.57. The second kappa shape index (κ2) is 10.2. The number of carbonyl (C=O) groups excluding carboxylic acids is 1. The Balaban J connectivity index is 1.71. The monoisotopic (exact) mass is 347 g/mol. The van der Waals surface area contributed by atoms with Gasteiger partial charge in [0.2, 0.25) is 0 Å². The third-order valence-electron chi connectivity index (χ3n) is 6.56. The van der Waals surface area contributed by atoms with Crippen molar-refractivity contribution in [1.29, 1.82) is 5.26 Å². The molecule has 2 fully saturated rings. The van der Waals surface area contributed by atoms with Crippen molar-refractivity contribution in [3.05, 3.63) is 0 Å². The number of rotatable bonds is 8. The van der Waals surface area contributed by atoms with Crippen molar-refractivity contribution in [2.45, 2.75) is 110 Å². The highest BCUT2D eigenvalue weighted by molar-refractivity contribution is 5.72. The largest absolute Gasteiger partial charge is 0.462 e. The van der Waals surface area contributed by atoms with E-state index in [0.29, 0.717) is 0 Å². The molecule has 0 atom stereocenters. The van der Waals surface area contributed by atoms with Crippen molar-refractivity contribution in [1.82, 2.24) is 0 Å². The molecule has 0 heterocycles. The van der Waals surface area contributed by atoms with E-state index in [1.807, 2.05) is 0 Å². The van der Waals surface area contributed by atoms with Crippen LogP contribution < -0.4 is 0 Å². The van der Waals surface area contributed by atoms with Gasteiger partial charge in [-0.2, -0.15) is 5.26 Å². The van der Waals surface area contributed by atoms with Gasteiger partial charge < -0.3 is 4.74 Å². The first-order chi connectivity index (χ1) is 12.1. The quantitative estimate of drug-likeness (QED) is 0.493. The number of hydrogen-bond acceptors (Lipinski definition) is 3. The van der Waals surface area contributed by atoms with Gasteiger partial charge in [0.15, 0.2) is 0 Å². The fourth-order valence-electron chi connectivity index (χ4n) is 4.63. The topological polar surface area (TPSA) is 50.1 Å². The number of hydrogen-bond donors (Lipinski definition) is 0. The molecule has 0 radical (unpaired) electrons. The van der Waals surface area contributed by atoms with Crippen LogP contribution in [0.1, 0.15) is 104 Å². The van der Waals surface area contributed by atoms with E-state index in [1.165, 1.54) is 32.1 Å². The molecule has 142 valence electrons. The van der Waals surface area contributed by atoms with Crippen molar-refractivity contribution in [2.24, 2.45) is 17.3 Å². The van der Waals surface area contributed by atoms with Crippen molar-refractivity contribution in [2.75, 3.05) is 0 Å². The summed E-state index contributed by atoms with van der Waals surface area (Å²) in [6.07, 6.45) is 15.2. The summed E-state index contributed by atoms with van der Waals surface area (Å²) in [6.45, 7) is 4.42. The molecular formula is C22H37NO2. The number of esters is 1. The number of nitriles is 1. The van der Waals surface area contributed by atoms with Crippen LogP contribution >= 0.6 is 0 Å². The molecule has 0 aromatic rings. The third kappa shape index (κ3) is 6.01. The van der Waals surface area contributed by atoms with Crippen LogP contribution in [0.4, 0.5) is 0 Å². The Labute approximate surface area is 154 Å². The van der Waals surface area contributed by atoms with Gasteiger partial charge in [-0.25, -0.2) is 0 Å². The Morgan fingerprint density at radius 3 is 2.24 bits per heavy atom. The van der Waals surface area contributed by atoms with E-state index in [0.717, 1.165) is 63.7 Å². The Morgan fingerprint density at radius 1 is 1.04 bits per heavy atom. The number of carbonyl (C=O) groups is 1. The van der Waals surface area contributed by atoms with Crippen LogP contribution in [0, 0.1) is 28.6 Å². The fraction of sp³-hybridized carbons (Fsp3) is 0.909. The smallest absolute Gasteiger partial charge is 0.309 e. The van der Waals surface area contributed by atoms with Crippen molar-refractivity contribution in [3.8, 4) is 6.07 Å². The van der Waals surface area contributed by atoms with Crippen LogP contribution in [-0.4, -0.2) is 12.1 Å². The molecule has 2 aliphatic rings. The first kappa shape index (κ1) is 20.3. The van der Waals surface area contributed by atoms with Gasteiger partial charge in [0, 0.05) is 0 Å². The molecule has 0 spiro atoms. The minimum absolute atomic E-state index is 0.0388.